The normalized spacial score (nSPS) is 26.6. The van der Waals surface area contributed by atoms with Crippen LogP contribution in [-0.2, 0) is 4.79 Å². The number of hydrogen-bond acceptors (Lipinski definition) is 2. The van der Waals surface area contributed by atoms with Crippen LogP contribution in [0.1, 0.15) is 64.7 Å². The first-order chi connectivity index (χ1) is 9.16. The lowest BCUT2D eigenvalue weighted by atomic mass is 9.92. The summed E-state index contributed by atoms with van der Waals surface area (Å²) in [5.41, 5.74) is 5.97. The molecule has 19 heavy (non-hydrogen) atoms. The summed E-state index contributed by atoms with van der Waals surface area (Å²) < 4.78 is 0. The third-order valence-corrected chi connectivity index (χ3v) is 5.03. The molecule has 0 spiro atoms. The zero-order valence-electron chi connectivity index (χ0n) is 12.4. The molecule has 1 heterocycles. The summed E-state index contributed by atoms with van der Waals surface area (Å²) in [5.74, 6) is 1.78. The number of amides is 1. The fourth-order valence-electron chi connectivity index (χ4n) is 3.66. The number of likely N-dealkylation sites (tertiary alicyclic amines) is 1. The highest BCUT2D eigenvalue weighted by Crippen LogP contribution is 2.29. The molecule has 1 aliphatic heterocycles. The quantitative estimate of drug-likeness (QED) is 0.831. The number of hydrogen-bond donors (Lipinski definition) is 1. The van der Waals surface area contributed by atoms with Crippen molar-refractivity contribution in [1.29, 1.82) is 0 Å². The highest BCUT2D eigenvalue weighted by atomic mass is 16.2. The Balaban J connectivity index is 1.67. The molecule has 0 radical (unpaired) electrons. The van der Waals surface area contributed by atoms with Crippen molar-refractivity contribution in [2.45, 2.75) is 70.8 Å². The Morgan fingerprint density at radius 2 is 2.00 bits per heavy atom. The number of nitrogens with zero attached hydrogens (tertiary/aromatic N) is 1. The van der Waals surface area contributed by atoms with Crippen LogP contribution in [0.4, 0.5) is 0 Å². The van der Waals surface area contributed by atoms with E-state index >= 15 is 0 Å². The molecule has 1 aliphatic carbocycles. The first-order valence-electron chi connectivity index (χ1n) is 8.20. The molecule has 2 aliphatic rings. The fraction of sp³-hybridized carbons (Fsp3) is 0.938. The zero-order valence-corrected chi connectivity index (χ0v) is 12.4. The lowest BCUT2D eigenvalue weighted by molar-refractivity contribution is -0.133. The molecule has 1 amide bonds. The van der Waals surface area contributed by atoms with Crippen molar-refractivity contribution in [3.63, 3.8) is 0 Å². The molecule has 1 saturated heterocycles. The van der Waals surface area contributed by atoms with Crippen LogP contribution in [0.5, 0.6) is 0 Å². The second-order valence-corrected chi connectivity index (χ2v) is 6.64. The van der Waals surface area contributed by atoms with Crippen molar-refractivity contribution in [3.8, 4) is 0 Å². The van der Waals surface area contributed by atoms with E-state index in [2.05, 4.69) is 11.8 Å². The van der Waals surface area contributed by atoms with Crippen LogP contribution in [0.15, 0.2) is 0 Å². The second-order valence-electron chi connectivity index (χ2n) is 6.64. The van der Waals surface area contributed by atoms with E-state index in [1.165, 1.54) is 38.5 Å². The maximum atomic E-state index is 12.2. The molecular formula is C16H30N2O. The standard InChI is InChI=1S/C16H30N2O/c1-13(17)15-9-5-11-18(12-15)16(19)10-4-8-14-6-2-3-7-14/h13-15H,2-12,17H2,1H3. The molecule has 110 valence electrons. The second kappa shape index (κ2) is 7.28. The Hall–Kier alpha value is -0.570. The summed E-state index contributed by atoms with van der Waals surface area (Å²) >= 11 is 0. The Bertz CT molecular complexity index is 284. The van der Waals surface area contributed by atoms with Crippen LogP contribution in [0.25, 0.3) is 0 Å². The van der Waals surface area contributed by atoms with E-state index in [-0.39, 0.29) is 6.04 Å². The van der Waals surface area contributed by atoms with Crippen LogP contribution in [0, 0.1) is 11.8 Å². The van der Waals surface area contributed by atoms with E-state index in [9.17, 15) is 4.79 Å². The lowest BCUT2D eigenvalue weighted by Gasteiger charge is -2.34. The highest BCUT2D eigenvalue weighted by Gasteiger charge is 2.25. The van der Waals surface area contributed by atoms with Gasteiger partial charge in [0.2, 0.25) is 5.91 Å². The smallest absolute Gasteiger partial charge is 0.222 e. The zero-order chi connectivity index (χ0) is 13.7. The van der Waals surface area contributed by atoms with Crippen LogP contribution in [0.2, 0.25) is 0 Å². The van der Waals surface area contributed by atoms with Gasteiger partial charge in [-0.15, -0.1) is 0 Å². The third kappa shape index (κ3) is 4.48. The van der Waals surface area contributed by atoms with Crippen molar-refractivity contribution in [3.05, 3.63) is 0 Å². The first kappa shape index (κ1) is 14.8. The minimum Gasteiger partial charge on any atom is -0.342 e. The Morgan fingerprint density at radius 3 is 2.68 bits per heavy atom. The topological polar surface area (TPSA) is 46.3 Å². The molecule has 0 bridgehead atoms. The fourth-order valence-corrected chi connectivity index (χ4v) is 3.66. The molecule has 3 nitrogen and oxygen atoms in total. The predicted molar refractivity (Wildman–Crippen MR) is 78.8 cm³/mol. The molecule has 0 aromatic heterocycles. The van der Waals surface area contributed by atoms with Gasteiger partial charge in [-0.25, -0.2) is 0 Å². The van der Waals surface area contributed by atoms with Gasteiger partial charge in [0.05, 0.1) is 0 Å². The van der Waals surface area contributed by atoms with E-state index in [1.54, 1.807) is 0 Å². The van der Waals surface area contributed by atoms with Gasteiger partial charge in [0, 0.05) is 25.6 Å². The predicted octanol–water partition coefficient (Wildman–Crippen LogP) is 2.93. The van der Waals surface area contributed by atoms with Gasteiger partial charge in [-0.2, -0.15) is 0 Å². The van der Waals surface area contributed by atoms with Crippen LogP contribution in [0.3, 0.4) is 0 Å². The van der Waals surface area contributed by atoms with Crippen LogP contribution < -0.4 is 5.73 Å². The van der Waals surface area contributed by atoms with E-state index < -0.39 is 0 Å². The third-order valence-electron chi connectivity index (χ3n) is 5.03. The van der Waals surface area contributed by atoms with Crippen molar-refractivity contribution < 1.29 is 4.79 Å². The minimum atomic E-state index is 0.217. The molecule has 0 aromatic rings. The van der Waals surface area contributed by atoms with Gasteiger partial charge in [0.15, 0.2) is 0 Å². The molecule has 2 unspecified atom stereocenters. The van der Waals surface area contributed by atoms with Gasteiger partial charge >= 0.3 is 0 Å². The molecule has 3 heteroatoms. The van der Waals surface area contributed by atoms with Crippen molar-refractivity contribution in [2.24, 2.45) is 17.6 Å². The van der Waals surface area contributed by atoms with Crippen molar-refractivity contribution in [2.75, 3.05) is 13.1 Å². The number of rotatable bonds is 5. The van der Waals surface area contributed by atoms with E-state index in [1.807, 2.05) is 0 Å². The van der Waals surface area contributed by atoms with Gasteiger partial charge in [0.1, 0.15) is 0 Å². The average molecular weight is 266 g/mol. The van der Waals surface area contributed by atoms with Gasteiger partial charge in [-0.1, -0.05) is 25.7 Å². The molecule has 0 aromatic carbocycles. The molecule has 2 N–H and O–H groups in total. The summed E-state index contributed by atoms with van der Waals surface area (Å²) in [5, 5.41) is 0. The molecular weight excluding hydrogens is 236 g/mol. The Labute approximate surface area is 117 Å². The summed E-state index contributed by atoms with van der Waals surface area (Å²) in [6.07, 6.45) is 11.0. The number of piperidine rings is 1. The van der Waals surface area contributed by atoms with E-state index in [0.717, 1.165) is 38.3 Å². The van der Waals surface area contributed by atoms with Crippen LogP contribution in [-0.4, -0.2) is 29.9 Å². The molecule has 1 saturated carbocycles. The molecule has 2 rings (SSSR count). The number of carbonyl (C=O) groups excluding carboxylic acids is 1. The number of carbonyl (C=O) groups is 1. The minimum absolute atomic E-state index is 0.217. The maximum Gasteiger partial charge on any atom is 0.222 e. The van der Waals surface area contributed by atoms with E-state index in [4.69, 9.17) is 5.73 Å². The molecule has 2 atom stereocenters. The summed E-state index contributed by atoms with van der Waals surface area (Å²) in [4.78, 5) is 14.3. The van der Waals surface area contributed by atoms with Gasteiger partial charge < -0.3 is 10.6 Å². The van der Waals surface area contributed by atoms with Gasteiger partial charge in [0.25, 0.3) is 0 Å². The monoisotopic (exact) mass is 266 g/mol. The summed E-state index contributed by atoms with van der Waals surface area (Å²) in [6, 6.07) is 0.217. The first-order valence-corrected chi connectivity index (χ1v) is 8.20. The highest BCUT2D eigenvalue weighted by molar-refractivity contribution is 5.76. The summed E-state index contributed by atoms with van der Waals surface area (Å²) in [7, 11) is 0. The van der Waals surface area contributed by atoms with Gasteiger partial charge in [-0.3, -0.25) is 4.79 Å². The van der Waals surface area contributed by atoms with Gasteiger partial charge in [-0.05, 0) is 44.4 Å². The number of nitrogens with two attached hydrogens (primary N) is 1. The largest absolute Gasteiger partial charge is 0.342 e. The average Bonchev–Trinajstić information content (AvgIpc) is 2.92. The summed E-state index contributed by atoms with van der Waals surface area (Å²) in [6.45, 7) is 3.91. The molecule has 2 fully saturated rings. The SMILES string of the molecule is CC(N)C1CCCN(C(=O)CCCC2CCCC2)C1. The lowest BCUT2D eigenvalue weighted by Crippen LogP contribution is -2.45. The maximum absolute atomic E-state index is 12.2. The Morgan fingerprint density at radius 1 is 1.26 bits per heavy atom. The Kier molecular flexibility index (Phi) is 5.68. The van der Waals surface area contributed by atoms with Crippen LogP contribution >= 0.6 is 0 Å². The van der Waals surface area contributed by atoms with E-state index in [0.29, 0.717) is 11.8 Å². The van der Waals surface area contributed by atoms with Crippen molar-refractivity contribution in [1.82, 2.24) is 4.90 Å². The van der Waals surface area contributed by atoms with Crippen molar-refractivity contribution >= 4 is 5.91 Å².